The molecule has 0 saturated heterocycles. The van der Waals surface area contributed by atoms with Gasteiger partial charge in [0.2, 0.25) is 0 Å². The number of benzene rings is 1. The second-order valence-electron chi connectivity index (χ2n) is 4.41. The lowest BCUT2D eigenvalue weighted by atomic mass is 10.1. The van der Waals surface area contributed by atoms with E-state index in [1.807, 2.05) is 0 Å². The lowest BCUT2D eigenvalue weighted by Gasteiger charge is -2.08. The number of nitrogens with one attached hydrogen (secondary N) is 1. The minimum atomic E-state index is 0.272. The summed E-state index contributed by atoms with van der Waals surface area (Å²) in [5.41, 5.74) is 3.98. The molecule has 2 nitrogen and oxygen atoms in total. The minimum absolute atomic E-state index is 0.272. The van der Waals surface area contributed by atoms with Crippen LogP contribution in [0.25, 0.3) is 0 Å². The predicted molar refractivity (Wildman–Crippen MR) is 67.5 cm³/mol. The highest BCUT2D eigenvalue weighted by molar-refractivity contribution is 5.75. The van der Waals surface area contributed by atoms with Gasteiger partial charge in [0.25, 0.3) is 0 Å². The lowest BCUT2D eigenvalue weighted by molar-refractivity contribution is -0.117. The summed E-state index contributed by atoms with van der Waals surface area (Å²) in [4.78, 5) is 10.7. The first-order valence-electron chi connectivity index (χ1n) is 5.86. The van der Waals surface area contributed by atoms with Crippen molar-refractivity contribution >= 4 is 5.78 Å². The maximum absolute atomic E-state index is 10.7. The van der Waals surface area contributed by atoms with Gasteiger partial charge < -0.3 is 10.1 Å². The molecule has 0 saturated carbocycles. The fourth-order valence-electron chi connectivity index (χ4n) is 1.73. The maximum Gasteiger partial charge on any atom is 0.129 e. The van der Waals surface area contributed by atoms with Gasteiger partial charge in [-0.2, -0.15) is 0 Å². The number of carbonyl (C=O) groups is 1. The molecule has 1 aromatic carbocycles. The van der Waals surface area contributed by atoms with Gasteiger partial charge in [0.15, 0.2) is 0 Å². The number of Topliss-reactive ketones (excluding diaryl/α,β-unsaturated/α-hetero) is 1. The summed E-state index contributed by atoms with van der Waals surface area (Å²) in [6.45, 7) is 7.69. The van der Waals surface area contributed by atoms with Crippen molar-refractivity contribution in [2.24, 2.45) is 0 Å². The van der Waals surface area contributed by atoms with E-state index in [-0.39, 0.29) is 5.78 Å². The molecule has 16 heavy (non-hydrogen) atoms. The van der Waals surface area contributed by atoms with Gasteiger partial charge in [-0.3, -0.25) is 0 Å². The summed E-state index contributed by atoms with van der Waals surface area (Å²) < 4.78 is 0. The summed E-state index contributed by atoms with van der Waals surface area (Å²) in [6.07, 6.45) is 1.61. The zero-order chi connectivity index (χ0) is 12.0. The van der Waals surface area contributed by atoms with E-state index in [1.165, 1.54) is 16.7 Å². The molecule has 0 heterocycles. The molecule has 0 bridgehead atoms. The fraction of sp³-hybridized carbons (Fsp3) is 0.500. The van der Waals surface area contributed by atoms with Crippen molar-refractivity contribution in [3.05, 3.63) is 34.9 Å². The highest BCUT2D eigenvalue weighted by atomic mass is 16.1. The summed E-state index contributed by atoms with van der Waals surface area (Å²) in [5.74, 6) is 0.272. The second kappa shape index (κ2) is 6.44. The van der Waals surface area contributed by atoms with Crippen LogP contribution < -0.4 is 5.32 Å². The number of rotatable bonds is 6. The first kappa shape index (κ1) is 12.9. The van der Waals surface area contributed by atoms with Crippen molar-refractivity contribution in [1.82, 2.24) is 5.32 Å². The van der Waals surface area contributed by atoms with Gasteiger partial charge >= 0.3 is 0 Å². The molecule has 0 amide bonds. The van der Waals surface area contributed by atoms with Crippen molar-refractivity contribution in [3.63, 3.8) is 0 Å². The smallest absolute Gasteiger partial charge is 0.129 e. The Morgan fingerprint density at radius 1 is 1.31 bits per heavy atom. The summed E-state index contributed by atoms with van der Waals surface area (Å²) in [7, 11) is 0. The van der Waals surface area contributed by atoms with E-state index in [1.54, 1.807) is 6.92 Å². The van der Waals surface area contributed by atoms with Crippen molar-refractivity contribution < 1.29 is 4.79 Å². The van der Waals surface area contributed by atoms with Crippen LogP contribution in [0.5, 0.6) is 0 Å². The van der Waals surface area contributed by atoms with Crippen LogP contribution >= 0.6 is 0 Å². The molecule has 0 aliphatic rings. The van der Waals surface area contributed by atoms with E-state index < -0.39 is 0 Å². The minimum Gasteiger partial charge on any atom is -0.313 e. The van der Waals surface area contributed by atoms with Crippen molar-refractivity contribution in [1.29, 1.82) is 0 Å². The summed E-state index contributed by atoms with van der Waals surface area (Å²) >= 11 is 0. The molecule has 0 unspecified atom stereocenters. The highest BCUT2D eigenvalue weighted by Gasteiger charge is 1.98. The van der Waals surface area contributed by atoms with Crippen LogP contribution in [0.15, 0.2) is 18.2 Å². The zero-order valence-electron chi connectivity index (χ0n) is 10.5. The van der Waals surface area contributed by atoms with E-state index in [9.17, 15) is 4.79 Å². The number of aryl methyl sites for hydroxylation is 2. The van der Waals surface area contributed by atoms with Crippen LogP contribution in [0.1, 0.15) is 36.5 Å². The van der Waals surface area contributed by atoms with Crippen molar-refractivity contribution in [3.8, 4) is 0 Å². The van der Waals surface area contributed by atoms with Gasteiger partial charge in [0.1, 0.15) is 5.78 Å². The van der Waals surface area contributed by atoms with E-state index in [0.29, 0.717) is 6.42 Å². The largest absolute Gasteiger partial charge is 0.313 e. The molecule has 1 aromatic rings. The Kier molecular flexibility index (Phi) is 5.20. The van der Waals surface area contributed by atoms with Crippen LogP contribution in [0.4, 0.5) is 0 Å². The molecule has 0 spiro atoms. The third-order valence-corrected chi connectivity index (χ3v) is 2.70. The molecular formula is C14H21NO. The number of ketones is 1. The molecule has 0 radical (unpaired) electrons. The van der Waals surface area contributed by atoms with Gasteiger partial charge in [0.05, 0.1) is 0 Å². The quantitative estimate of drug-likeness (QED) is 0.745. The third-order valence-electron chi connectivity index (χ3n) is 2.70. The first-order valence-corrected chi connectivity index (χ1v) is 5.86. The van der Waals surface area contributed by atoms with E-state index in [0.717, 1.165) is 19.5 Å². The lowest BCUT2D eigenvalue weighted by Crippen LogP contribution is -2.16. The SMILES string of the molecule is CC(=O)CCCNCc1ccc(C)cc1C. The highest BCUT2D eigenvalue weighted by Crippen LogP contribution is 2.09. The molecular weight excluding hydrogens is 198 g/mol. The molecule has 0 aliphatic heterocycles. The van der Waals surface area contributed by atoms with Crippen molar-refractivity contribution in [2.45, 2.75) is 40.2 Å². The molecule has 2 heteroatoms. The van der Waals surface area contributed by atoms with E-state index >= 15 is 0 Å². The van der Waals surface area contributed by atoms with Crippen LogP contribution in [-0.4, -0.2) is 12.3 Å². The average molecular weight is 219 g/mol. The Labute approximate surface area is 98.1 Å². The van der Waals surface area contributed by atoms with Crippen LogP contribution in [-0.2, 0) is 11.3 Å². The average Bonchev–Trinajstić information content (AvgIpc) is 2.20. The third kappa shape index (κ3) is 4.58. The Balaban J connectivity index is 2.29. The molecule has 0 aliphatic carbocycles. The molecule has 1 rings (SSSR count). The molecule has 1 N–H and O–H groups in total. The van der Waals surface area contributed by atoms with Crippen LogP contribution in [0, 0.1) is 13.8 Å². The Morgan fingerprint density at radius 3 is 2.69 bits per heavy atom. The fourth-order valence-corrected chi connectivity index (χ4v) is 1.73. The Hall–Kier alpha value is -1.15. The topological polar surface area (TPSA) is 29.1 Å². The Morgan fingerprint density at radius 2 is 2.06 bits per heavy atom. The molecule has 0 aromatic heterocycles. The molecule has 88 valence electrons. The van der Waals surface area contributed by atoms with Gasteiger partial charge in [-0.05, 0) is 44.9 Å². The molecule has 0 fully saturated rings. The maximum atomic E-state index is 10.7. The zero-order valence-corrected chi connectivity index (χ0v) is 10.5. The number of carbonyl (C=O) groups excluding carboxylic acids is 1. The summed E-state index contributed by atoms with van der Waals surface area (Å²) in [6, 6.07) is 6.51. The van der Waals surface area contributed by atoms with Gasteiger partial charge in [0, 0.05) is 13.0 Å². The van der Waals surface area contributed by atoms with Crippen molar-refractivity contribution in [2.75, 3.05) is 6.54 Å². The van der Waals surface area contributed by atoms with Crippen LogP contribution in [0.3, 0.4) is 0 Å². The Bertz CT molecular complexity index is 358. The second-order valence-corrected chi connectivity index (χ2v) is 4.41. The summed E-state index contributed by atoms with van der Waals surface area (Å²) in [5, 5.41) is 3.37. The van der Waals surface area contributed by atoms with Crippen LogP contribution in [0.2, 0.25) is 0 Å². The first-order chi connectivity index (χ1) is 7.59. The molecule has 0 atom stereocenters. The predicted octanol–water partition coefficient (Wildman–Crippen LogP) is 2.76. The van der Waals surface area contributed by atoms with E-state index in [2.05, 4.69) is 37.4 Å². The van der Waals surface area contributed by atoms with E-state index in [4.69, 9.17) is 0 Å². The monoisotopic (exact) mass is 219 g/mol. The normalized spacial score (nSPS) is 10.4. The van der Waals surface area contributed by atoms with Gasteiger partial charge in [-0.25, -0.2) is 0 Å². The van der Waals surface area contributed by atoms with Gasteiger partial charge in [-0.15, -0.1) is 0 Å². The number of hydrogen-bond donors (Lipinski definition) is 1. The van der Waals surface area contributed by atoms with Gasteiger partial charge in [-0.1, -0.05) is 23.8 Å². The number of hydrogen-bond acceptors (Lipinski definition) is 2. The standard InChI is InChI=1S/C14H21NO/c1-11-6-7-14(12(2)9-11)10-15-8-4-5-13(3)16/h6-7,9,15H,4-5,8,10H2,1-3H3.